The molecule has 2 heteroatoms. The van der Waals surface area contributed by atoms with Crippen LogP contribution >= 0.6 is 0 Å². The van der Waals surface area contributed by atoms with Gasteiger partial charge < -0.3 is 5.73 Å². The highest BCUT2D eigenvalue weighted by atomic mass is 14.8. The quantitative estimate of drug-likeness (QED) is 0.597. The van der Waals surface area contributed by atoms with E-state index in [9.17, 15) is 0 Å². The molecule has 0 saturated carbocycles. The van der Waals surface area contributed by atoms with Crippen molar-refractivity contribution < 1.29 is 0 Å². The molecule has 2 unspecified atom stereocenters. The number of pyridine rings is 1. The van der Waals surface area contributed by atoms with Crippen LogP contribution in [0.25, 0.3) is 0 Å². The van der Waals surface area contributed by atoms with Crippen molar-refractivity contribution in [3.63, 3.8) is 0 Å². The summed E-state index contributed by atoms with van der Waals surface area (Å²) in [6.45, 7) is 2.16. The molecule has 11 heavy (non-hydrogen) atoms. The van der Waals surface area contributed by atoms with E-state index in [1.54, 1.807) is 0 Å². The molecular weight excluding hydrogens is 136 g/mol. The zero-order chi connectivity index (χ0) is 7.84. The highest BCUT2D eigenvalue weighted by Gasteiger charge is 2.26. The van der Waals surface area contributed by atoms with E-state index in [4.69, 9.17) is 5.73 Å². The number of aromatic nitrogens is 1. The second kappa shape index (κ2) is 2.31. The second-order valence-corrected chi connectivity index (χ2v) is 3.20. The first-order valence-electron chi connectivity index (χ1n) is 3.98. The minimum Gasteiger partial charge on any atom is -0.327 e. The normalized spacial score (nSPS) is 28.5. The van der Waals surface area contributed by atoms with Crippen LogP contribution in [0.3, 0.4) is 0 Å². The highest BCUT2D eigenvalue weighted by molar-refractivity contribution is 5.31. The summed E-state index contributed by atoms with van der Waals surface area (Å²) in [5, 5.41) is 0. The lowest BCUT2D eigenvalue weighted by Crippen LogP contribution is -2.22. The monoisotopic (exact) mass is 148 g/mol. The number of hydrogen-bond acceptors (Lipinski definition) is 2. The summed E-state index contributed by atoms with van der Waals surface area (Å²) in [6, 6.07) is 4.38. The Morgan fingerprint density at radius 3 is 3.18 bits per heavy atom. The smallest absolute Gasteiger partial charge is 0.0454 e. The molecule has 0 saturated heterocycles. The Morgan fingerprint density at radius 1 is 1.64 bits per heavy atom. The number of rotatable bonds is 0. The van der Waals surface area contributed by atoms with Crippen molar-refractivity contribution in [2.24, 2.45) is 5.73 Å². The Balaban J connectivity index is 2.47. The molecule has 0 aromatic carbocycles. The van der Waals surface area contributed by atoms with Gasteiger partial charge in [-0.1, -0.05) is 13.0 Å². The van der Waals surface area contributed by atoms with E-state index in [-0.39, 0.29) is 6.04 Å². The number of nitrogens with two attached hydrogens (primary N) is 1. The fourth-order valence-corrected chi connectivity index (χ4v) is 1.67. The van der Waals surface area contributed by atoms with Crippen molar-refractivity contribution in [1.82, 2.24) is 4.98 Å². The van der Waals surface area contributed by atoms with Gasteiger partial charge in [0.2, 0.25) is 0 Å². The summed E-state index contributed by atoms with van der Waals surface area (Å²) in [5.74, 6) is 0.485. The van der Waals surface area contributed by atoms with Crippen molar-refractivity contribution in [1.29, 1.82) is 0 Å². The summed E-state index contributed by atoms with van der Waals surface area (Å²) in [5.41, 5.74) is 8.41. The predicted molar refractivity (Wildman–Crippen MR) is 44.3 cm³/mol. The largest absolute Gasteiger partial charge is 0.327 e. The molecule has 0 fully saturated rings. The summed E-state index contributed by atoms with van der Waals surface area (Å²) < 4.78 is 0. The van der Waals surface area contributed by atoms with Crippen LogP contribution in [0.1, 0.15) is 24.1 Å². The van der Waals surface area contributed by atoms with Gasteiger partial charge in [0, 0.05) is 24.4 Å². The maximum absolute atomic E-state index is 5.89. The lowest BCUT2D eigenvalue weighted by atomic mass is 10.0. The fraction of sp³-hybridized carbons (Fsp3) is 0.444. The van der Waals surface area contributed by atoms with Crippen LogP contribution in [0.2, 0.25) is 0 Å². The molecule has 1 heterocycles. The third-order valence-corrected chi connectivity index (χ3v) is 2.49. The fourth-order valence-electron chi connectivity index (χ4n) is 1.67. The third kappa shape index (κ3) is 0.942. The number of nitrogens with zero attached hydrogens (tertiary/aromatic N) is 1. The van der Waals surface area contributed by atoms with Crippen molar-refractivity contribution in [2.45, 2.75) is 25.3 Å². The van der Waals surface area contributed by atoms with Gasteiger partial charge in [-0.25, -0.2) is 0 Å². The molecule has 1 aliphatic rings. The molecule has 2 nitrogen and oxygen atoms in total. The average Bonchev–Trinajstić information content (AvgIpc) is 2.30. The van der Waals surface area contributed by atoms with Crippen molar-refractivity contribution in [2.75, 3.05) is 0 Å². The maximum Gasteiger partial charge on any atom is 0.0454 e. The summed E-state index contributed by atoms with van der Waals surface area (Å²) in [6.07, 6.45) is 2.78. The molecule has 1 aliphatic carbocycles. The highest BCUT2D eigenvalue weighted by Crippen LogP contribution is 2.29. The molecule has 0 bridgehead atoms. The first-order valence-corrected chi connectivity index (χ1v) is 3.98. The molecule has 1 aromatic heterocycles. The average molecular weight is 148 g/mol. The second-order valence-electron chi connectivity index (χ2n) is 3.20. The van der Waals surface area contributed by atoms with Gasteiger partial charge >= 0.3 is 0 Å². The van der Waals surface area contributed by atoms with Crippen LogP contribution in [0, 0.1) is 0 Å². The lowest BCUT2D eigenvalue weighted by Gasteiger charge is -2.07. The van der Waals surface area contributed by atoms with E-state index in [0.717, 1.165) is 6.42 Å². The Bertz CT molecular complexity index is 270. The maximum atomic E-state index is 5.89. The molecule has 0 amide bonds. The molecule has 2 N–H and O–H groups in total. The number of hydrogen-bond donors (Lipinski definition) is 1. The topological polar surface area (TPSA) is 38.9 Å². The molecule has 0 radical (unpaired) electrons. The molecule has 2 rings (SSSR count). The van der Waals surface area contributed by atoms with Crippen molar-refractivity contribution >= 4 is 0 Å². The van der Waals surface area contributed by atoms with Crippen LogP contribution in [0.15, 0.2) is 18.3 Å². The number of fused-ring (bicyclic) bond motifs is 1. The molecule has 0 spiro atoms. The summed E-state index contributed by atoms with van der Waals surface area (Å²) in [7, 11) is 0. The summed E-state index contributed by atoms with van der Waals surface area (Å²) >= 11 is 0. The SMILES string of the molecule is CC1c2cccnc2CC1N. The standard InChI is InChI=1S/C9H12N2/c1-6-7-3-2-4-11-9(7)5-8(6)10/h2-4,6,8H,5,10H2,1H3. The van der Waals surface area contributed by atoms with Crippen molar-refractivity contribution in [3.8, 4) is 0 Å². The zero-order valence-corrected chi connectivity index (χ0v) is 6.62. The summed E-state index contributed by atoms with van der Waals surface area (Å²) in [4.78, 5) is 4.28. The van der Waals surface area contributed by atoms with E-state index >= 15 is 0 Å². The Kier molecular flexibility index (Phi) is 1.43. The zero-order valence-electron chi connectivity index (χ0n) is 6.62. The van der Waals surface area contributed by atoms with Crippen LogP contribution in [0.4, 0.5) is 0 Å². The van der Waals surface area contributed by atoms with Gasteiger partial charge in [0.1, 0.15) is 0 Å². The van der Waals surface area contributed by atoms with Crippen LogP contribution in [-0.4, -0.2) is 11.0 Å². The van der Waals surface area contributed by atoms with E-state index < -0.39 is 0 Å². The molecular formula is C9H12N2. The Labute approximate surface area is 66.4 Å². The van der Waals surface area contributed by atoms with Crippen LogP contribution in [-0.2, 0) is 6.42 Å². The molecule has 0 aliphatic heterocycles. The molecule has 1 aromatic rings. The van der Waals surface area contributed by atoms with Crippen molar-refractivity contribution in [3.05, 3.63) is 29.6 Å². The van der Waals surface area contributed by atoms with Gasteiger partial charge in [-0.2, -0.15) is 0 Å². The minimum atomic E-state index is 0.278. The third-order valence-electron chi connectivity index (χ3n) is 2.49. The Morgan fingerprint density at radius 2 is 2.45 bits per heavy atom. The van der Waals surface area contributed by atoms with Gasteiger partial charge in [-0.05, 0) is 17.5 Å². The van der Waals surface area contributed by atoms with Crippen LogP contribution in [0.5, 0.6) is 0 Å². The van der Waals surface area contributed by atoms with E-state index in [1.807, 2.05) is 12.3 Å². The first kappa shape index (κ1) is 6.80. The minimum absolute atomic E-state index is 0.278. The Hall–Kier alpha value is -0.890. The van der Waals surface area contributed by atoms with E-state index in [1.165, 1.54) is 11.3 Å². The predicted octanol–water partition coefficient (Wildman–Crippen LogP) is 1.07. The van der Waals surface area contributed by atoms with Crippen LogP contribution < -0.4 is 5.73 Å². The first-order chi connectivity index (χ1) is 5.29. The van der Waals surface area contributed by atoms with Gasteiger partial charge in [0.05, 0.1) is 0 Å². The van der Waals surface area contributed by atoms with Gasteiger partial charge in [-0.3, -0.25) is 4.98 Å². The molecule has 2 atom stereocenters. The lowest BCUT2D eigenvalue weighted by molar-refractivity contribution is 0.613. The van der Waals surface area contributed by atoms with Gasteiger partial charge in [0.25, 0.3) is 0 Å². The van der Waals surface area contributed by atoms with E-state index in [0.29, 0.717) is 5.92 Å². The van der Waals surface area contributed by atoms with Gasteiger partial charge in [0.15, 0.2) is 0 Å². The molecule has 58 valence electrons. The van der Waals surface area contributed by atoms with E-state index in [2.05, 4.69) is 18.0 Å². The van der Waals surface area contributed by atoms with Gasteiger partial charge in [-0.15, -0.1) is 0 Å².